The van der Waals surface area contributed by atoms with Crippen LogP contribution < -0.4 is 19.6 Å². The van der Waals surface area contributed by atoms with E-state index in [2.05, 4.69) is 10.5 Å². The Hall–Kier alpha value is -2.80. The molecule has 0 fully saturated rings. The summed E-state index contributed by atoms with van der Waals surface area (Å²) in [5.41, 5.74) is 2.93. The molecule has 2 aromatic rings. The summed E-state index contributed by atoms with van der Waals surface area (Å²) < 4.78 is 28.6. The second-order valence-electron chi connectivity index (χ2n) is 4.78. The van der Waals surface area contributed by atoms with Crippen molar-refractivity contribution in [1.82, 2.24) is 5.43 Å². The molecule has 0 bridgehead atoms. The molecule has 124 valence electrons. The van der Waals surface area contributed by atoms with E-state index in [0.29, 0.717) is 22.1 Å². The minimum atomic E-state index is -0.484. The van der Waals surface area contributed by atoms with Crippen LogP contribution in [0.15, 0.2) is 41.5 Å². The van der Waals surface area contributed by atoms with Crippen LogP contribution in [0.1, 0.15) is 5.56 Å². The number of carbonyl (C=O) groups is 1. The fourth-order valence-electron chi connectivity index (χ4n) is 1.98. The van der Waals surface area contributed by atoms with Crippen molar-refractivity contribution in [3.8, 4) is 17.2 Å². The highest BCUT2D eigenvalue weighted by Crippen LogP contribution is 2.39. The third-order valence-corrected chi connectivity index (χ3v) is 3.30. The normalized spacial score (nSPS) is 12.4. The quantitative estimate of drug-likeness (QED) is 0.665. The molecular formula is C16H12ClFN2O4. The molecule has 0 atom stereocenters. The summed E-state index contributed by atoms with van der Waals surface area (Å²) in [5, 5.41) is 4.20. The molecule has 3 rings (SSSR count). The highest BCUT2D eigenvalue weighted by atomic mass is 35.5. The lowest BCUT2D eigenvalue weighted by Gasteiger charge is -2.04. The molecule has 0 saturated heterocycles. The second kappa shape index (κ2) is 7.18. The lowest BCUT2D eigenvalue weighted by atomic mass is 10.2. The number of halogens is 2. The first-order valence-electron chi connectivity index (χ1n) is 6.91. The van der Waals surface area contributed by atoms with Crippen LogP contribution >= 0.6 is 11.6 Å². The maximum Gasteiger partial charge on any atom is 0.277 e. The zero-order valence-corrected chi connectivity index (χ0v) is 13.0. The van der Waals surface area contributed by atoms with Gasteiger partial charge >= 0.3 is 0 Å². The highest BCUT2D eigenvalue weighted by molar-refractivity contribution is 6.32. The fourth-order valence-corrected chi connectivity index (χ4v) is 2.25. The van der Waals surface area contributed by atoms with Crippen LogP contribution in [0.5, 0.6) is 17.2 Å². The van der Waals surface area contributed by atoms with E-state index in [1.165, 1.54) is 24.4 Å². The average molecular weight is 351 g/mol. The summed E-state index contributed by atoms with van der Waals surface area (Å²) in [6.45, 7) is -0.174. The lowest BCUT2D eigenvalue weighted by Crippen LogP contribution is -2.24. The van der Waals surface area contributed by atoms with Crippen molar-refractivity contribution in [2.45, 2.75) is 0 Å². The van der Waals surface area contributed by atoms with Crippen LogP contribution in [-0.2, 0) is 4.79 Å². The summed E-state index contributed by atoms with van der Waals surface area (Å²) in [6.07, 6.45) is 1.41. The second-order valence-corrected chi connectivity index (χ2v) is 5.18. The van der Waals surface area contributed by atoms with Gasteiger partial charge in [-0.25, -0.2) is 9.82 Å². The van der Waals surface area contributed by atoms with Gasteiger partial charge in [-0.2, -0.15) is 5.10 Å². The molecule has 0 aromatic heterocycles. The van der Waals surface area contributed by atoms with Gasteiger partial charge < -0.3 is 14.2 Å². The Bertz CT molecular complexity index is 798. The number of hydrazone groups is 1. The first-order valence-corrected chi connectivity index (χ1v) is 7.29. The molecule has 1 aliphatic heterocycles. The van der Waals surface area contributed by atoms with E-state index in [4.69, 9.17) is 25.8 Å². The Balaban J connectivity index is 1.53. The number of rotatable bonds is 5. The Morgan fingerprint density at radius 2 is 2.25 bits per heavy atom. The molecular weight excluding hydrogens is 339 g/mol. The number of nitrogens with one attached hydrogen (secondary N) is 1. The number of hydrogen-bond acceptors (Lipinski definition) is 5. The molecule has 1 heterocycles. The van der Waals surface area contributed by atoms with Gasteiger partial charge in [-0.05, 0) is 29.8 Å². The van der Waals surface area contributed by atoms with Gasteiger partial charge in [0.15, 0.2) is 18.1 Å². The SMILES string of the molecule is O=C(COc1cccc(F)c1)N/N=C\c1cc(Cl)c2c(c1)OCO2. The predicted molar refractivity (Wildman–Crippen MR) is 85.2 cm³/mol. The van der Waals surface area contributed by atoms with Crippen molar-refractivity contribution >= 4 is 23.7 Å². The standard InChI is InChI=1S/C16H12ClFN2O4/c17-13-4-10(5-14-16(13)24-9-23-14)7-19-20-15(21)8-22-12-3-1-2-11(18)6-12/h1-7H,8-9H2,(H,20,21)/b19-7-. The number of ether oxygens (including phenoxy) is 3. The maximum absolute atomic E-state index is 13.0. The predicted octanol–water partition coefficient (Wildman–Crippen LogP) is 2.74. The van der Waals surface area contributed by atoms with Crippen molar-refractivity contribution in [1.29, 1.82) is 0 Å². The van der Waals surface area contributed by atoms with Gasteiger partial charge in [-0.3, -0.25) is 4.79 Å². The Labute approximate surface area is 141 Å². The molecule has 6 nitrogen and oxygen atoms in total. The summed E-state index contributed by atoms with van der Waals surface area (Å²) in [5.74, 6) is 0.343. The van der Waals surface area contributed by atoms with Crippen molar-refractivity contribution in [3.05, 3.63) is 52.8 Å². The smallest absolute Gasteiger partial charge is 0.277 e. The molecule has 24 heavy (non-hydrogen) atoms. The molecule has 0 unspecified atom stereocenters. The van der Waals surface area contributed by atoms with Gasteiger partial charge in [-0.1, -0.05) is 17.7 Å². The summed E-state index contributed by atoms with van der Waals surface area (Å²) in [4.78, 5) is 11.6. The molecule has 0 spiro atoms. The summed E-state index contributed by atoms with van der Waals surface area (Å²) >= 11 is 6.04. The first-order chi connectivity index (χ1) is 11.6. The van der Waals surface area contributed by atoms with Crippen LogP contribution in [0.25, 0.3) is 0 Å². The monoisotopic (exact) mass is 350 g/mol. The number of benzene rings is 2. The summed E-state index contributed by atoms with van der Waals surface area (Å²) in [6, 6.07) is 8.83. The minimum Gasteiger partial charge on any atom is -0.484 e. The largest absolute Gasteiger partial charge is 0.484 e. The third kappa shape index (κ3) is 3.94. The number of fused-ring (bicyclic) bond motifs is 1. The molecule has 0 saturated carbocycles. The van der Waals surface area contributed by atoms with E-state index in [1.54, 1.807) is 18.2 Å². The van der Waals surface area contributed by atoms with E-state index in [9.17, 15) is 9.18 Å². The Kier molecular flexibility index (Phi) is 4.81. The van der Waals surface area contributed by atoms with Crippen LogP contribution in [0.3, 0.4) is 0 Å². The van der Waals surface area contributed by atoms with Crippen LogP contribution in [0.2, 0.25) is 5.02 Å². The number of hydrogen-bond donors (Lipinski definition) is 1. The Morgan fingerprint density at radius 3 is 3.08 bits per heavy atom. The molecule has 0 radical (unpaired) electrons. The van der Waals surface area contributed by atoms with Crippen molar-refractivity contribution in [3.63, 3.8) is 0 Å². The molecule has 1 amide bonds. The van der Waals surface area contributed by atoms with E-state index in [-0.39, 0.29) is 19.1 Å². The van der Waals surface area contributed by atoms with E-state index < -0.39 is 11.7 Å². The topological polar surface area (TPSA) is 69.2 Å². The van der Waals surface area contributed by atoms with Gasteiger partial charge in [0.05, 0.1) is 11.2 Å². The van der Waals surface area contributed by atoms with E-state index in [1.807, 2.05) is 0 Å². The van der Waals surface area contributed by atoms with Crippen molar-refractivity contribution in [2.75, 3.05) is 13.4 Å². The van der Waals surface area contributed by atoms with Crippen LogP contribution in [0, 0.1) is 5.82 Å². The maximum atomic E-state index is 13.0. The molecule has 1 N–H and O–H groups in total. The van der Waals surface area contributed by atoms with Crippen LogP contribution in [0.4, 0.5) is 4.39 Å². The highest BCUT2D eigenvalue weighted by Gasteiger charge is 2.17. The third-order valence-electron chi connectivity index (χ3n) is 3.02. The molecule has 8 heteroatoms. The lowest BCUT2D eigenvalue weighted by molar-refractivity contribution is -0.123. The Morgan fingerprint density at radius 1 is 1.38 bits per heavy atom. The van der Waals surface area contributed by atoms with Crippen molar-refractivity contribution in [2.24, 2.45) is 5.10 Å². The van der Waals surface area contributed by atoms with Gasteiger partial charge in [0.2, 0.25) is 6.79 Å². The van der Waals surface area contributed by atoms with Gasteiger partial charge in [0, 0.05) is 6.07 Å². The van der Waals surface area contributed by atoms with E-state index >= 15 is 0 Å². The zero-order chi connectivity index (χ0) is 16.9. The fraction of sp³-hybridized carbons (Fsp3) is 0.125. The summed E-state index contributed by atoms with van der Waals surface area (Å²) in [7, 11) is 0. The van der Waals surface area contributed by atoms with Gasteiger partial charge in [-0.15, -0.1) is 0 Å². The average Bonchev–Trinajstić information content (AvgIpc) is 3.02. The molecule has 2 aromatic carbocycles. The minimum absolute atomic E-state index is 0.115. The number of nitrogens with zero attached hydrogens (tertiary/aromatic N) is 1. The zero-order valence-electron chi connectivity index (χ0n) is 12.3. The molecule has 0 aliphatic carbocycles. The van der Waals surface area contributed by atoms with Crippen LogP contribution in [-0.4, -0.2) is 25.5 Å². The number of amides is 1. The molecule has 1 aliphatic rings. The first kappa shape index (κ1) is 16.1. The number of carbonyl (C=O) groups excluding carboxylic acids is 1. The van der Waals surface area contributed by atoms with E-state index in [0.717, 1.165) is 0 Å². The van der Waals surface area contributed by atoms with Gasteiger partial charge in [0.1, 0.15) is 11.6 Å². The van der Waals surface area contributed by atoms with Gasteiger partial charge in [0.25, 0.3) is 5.91 Å². The van der Waals surface area contributed by atoms with Crippen molar-refractivity contribution < 1.29 is 23.4 Å².